The van der Waals surface area contributed by atoms with E-state index in [2.05, 4.69) is 16.7 Å². The van der Waals surface area contributed by atoms with Gasteiger partial charge < -0.3 is 9.80 Å². The first-order valence-corrected chi connectivity index (χ1v) is 12.1. The number of hydrogen-bond acceptors (Lipinski definition) is 3. The number of ketones is 1. The molecule has 4 heteroatoms. The van der Waals surface area contributed by atoms with Gasteiger partial charge in [0.25, 0.3) is 0 Å². The number of hydrogen-bond donors (Lipinski definition) is 0. The van der Waals surface area contributed by atoms with E-state index in [9.17, 15) is 9.59 Å². The first-order valence-electron chi connectivity index (χ1n) is 12.1. The van der Waals surface area contributed by atoms with Gasteiger partial charge in [-0.1, -0.05) is 20.8 Å². The van der Waals surface area contributed by atoms with Crippen LogP contribution in [0.4, 0.5) is 0 Å². The molecule has 2 heterocycles. The molecule has 4 nitrogen and oxygen atoms in total. The SMILES string of the molecule is CC.CCN1CCC(CC2CCN(C(=O)C3CCC(C(C)=O)CC3)CC2)CC1. The summed E-state index contributed by atoms with van der Waals surface area (Å²) in [6.07, 6.45) is 10.2. The normalized spacial score (nSPS) is 27.8. The topological polar surface area (TPSA) is 40.6 Å². The number of amides is 1. The highest BCUT2D eigenvalue weighted by Crippen LogP contribution is 2.33. The summed E-state index contributed by atoms with van der Waals surface area (Å²) in [6, 6.07) is 0. The monoisotopic (exact) mass is 392 g/mol. The van der Waals surface area contributed by atoms with E-state index >= 15 is 0 Å². The Morgan fingerprint density at radius 1 is 0.750 bits per heavy atom. The highest BCUT2D eigenvalue weighted by molar-refractivity contribution is 5.81. The minimum atomic E-state index is 0.181. The minimum absolute atomic E-state index is 0.181. The maximum Gasteiger partial charge on any atom is 0.225 e. The van der Waals surface area contributed by atoms with Crippen LogP contribution in [0.25, 0.3) is 0 Å². The Hall–Kier alpha value is -0.900. The van der Waals surface area contributed by atoms with E-state index in [4.69, 9.17) is 0 Å². The number of piperidine rings is 2. The zero-order valence-corrected chi connectivity index (χ0v) is 18.9. The number of rotatable bonds is 5. The molecule has 162 valence electrons. The summed E-state index contributed by atoms with van der Waals surface area (Å²) in [7, 11) is 0. The van der Waals surface area contributed by atoms with Crippen LogP contribution < -0.4 is 0 Å². The maximum atomic E-state index is 12.8. The van der Waals surface area contributed by atoms with Gasteiger partial charge in [0.2, 0.25) is 5.91 Å². The van der Waals surface area contributed by atoms with Gasteiger partial charge in [-0.15, -0.1) is 0 Å². The van der Waals surface area contributed by atoms with E-state index in [0.29, 0.717) is 11.7 Å². The summed E-state index contributed by atoms with van der Waals surface area (Å²) < 4.78 is 0. The number of likely N-dealkylation sites (tertiary alicyclic amines) is 2. The van der Waals surface area contributed by atoms with Crippen LogP contribution in [0.2, 0.25) is 0 Å². The van der Waals surface area contributed by atoms with Crippen molar-refractivity contribution in [3.63, 3.8) is 0 Å². The zero-order chi connectivity index (χ0) is 20.5. The Labute approximate surface area is 173 Å². The third kappa shape index (κ3) is 6.57. The summed E-state index contributed by atoms with van der Waals surface area (Å²) in [5, 5.41) is 0. The maximum absolute atomic E-state index is 12.8. The van der Waals surface area contributed by atoms with Gasteiger partial charge in [-0.25, -0.2) is 0 Å². The van der Waals surface area contributed by atoms with Crippen LogP contribution in [0.3, 0.4) is 0 Å². The van der Waals surface area contributed by atoms with Crippen LogP contribution >= 0.6 is 0 Å². The van der Waals surface area contributed by atoms with Crippen LogP contribution in [0.1, 0.15) is 85.5 Å². The molecule has 0 aromatic heterocycles. The van der Waals surface area contributed by atoms with Crippen molar-refractivity contribution in [3.8, 4) is 0 Å². The minimum Gasteiger partial charge on any atom is -0.342 e. The Bertz CT molecular complexity index is 469. The quantitative estimate of drug-likeness (QED) is 0.677. The van der Waals surface area contributed by atoms with E-state index in [1.807, 2.05) is 13.8 Å². The van der Waals surface area contributed by atoms with Crippen LogP contribution in [-0.4, -0.2) is 54.2 Å². The lowest BCUT2D eigenvalue weighted by Gasteiger charge is -2.38. The van der Waals surface area contributed by atoms with Crippen LogP contribution in [-0.2, 0) is 9.59 Å². The molecule has 0 aromatic carbocycles. The number of nitrogens with zero attached hydrogens (tertiary/aromatic N) is 2. The molecule has 2 saturated heterocycles. The van der Waals surface area contributed by atoms with Crippen LogP contribution in [0, 0.1) is 23.7 Å². The summed E-state index contributed by atoms with van der Waals surface area (Å²) in [6.45, 7) is 13.6. The molecule has 0 atom stereocenters. The van der Waals surface area contributed by atoms with Gasteiger partial charge in [0.05, 0.1) is 0 Å². The number of carbonyl (C=O) groups is 2. The molecule has 3 rings (SSSR count). The molecule has 0 spiro atoms. The molecule has 1 aliphatic carbocycles. The average molecular weight is 393 g/mol. The van der Waals surface area contributed by atoms with E-state index < -0.39 is 0 Å². The van der Waals surface area contributed by atoms with Crippen LogP contribution in [0.15, 0.2) is 0 Å². The molecular weight excluding hydrogens is 348 g/mol. The molecule has 0 unspecified atom stereocenters. The largest absolute Gasteiger partial charge is 0.342 e. The highest BCUT2D eigenvalue weighted by Gasteiger charge is 2.33. The van der Waals surface area contributed by atoms with Gasteiger partial charge in [0, 0.05) is 24.9 Å². The van der Waals surface area contributed by atoms with Crippen molar-refractivity contribution in [2.45, 2.75) is 85.5 Å². The lowest BCUT2D eigenvalue weighted by Crippen LogP contribution is -2.43. The van der Waals surface area contributed by atoms with Crippen molar-refractivity contribution in [1.82, 2.24) is 9.80 Å². The summed E-state index contributed by atoms with van der Waals surface area (Å²) in [5.41, 5.74) is 0. The molecule has 2 aliphatic heterocycles. The zero-order valence-electron chi connectivity index (χ0n) is 18.9. The van der Waals surface area contributed by atoms with Gasteiger partial charge in [-0.05, 0) is 96.2 Å². The van der Waals surface area contributed by atoms with Gasteiger partial charge >= 0.3 is 0 Å². The summed E-state index contributed by atoms with van der Waals surface area (Å²) >= 11 is 0. The fraction of sp³-hybridized carbons (Fsp3) is 0.917. The van der Waals surface area contributed by atoms with Gasteiger partial charge in [0.1, 0.15) is 5.78 Å². The molecule has 1 amide bonds. The average Bonchev–Trinajstić information content (AvgIpc) is 2.76. The van der Waals surface area contributed by atoms with Gasteiger partial charge in [-0.2, -0.15) is 0 Å². The first-order chi connectivity index (χ1) is 13.6. The highest BCUT2D eigenvalue weighted by atomic mass is 16.2. The van der Waals surface area contributed by atoms with Crippen molar-refractivity contribution in [3.05, 3.63) is 0 Å². The van der Waals surface area contributed by atoms with Gasteiger partial charge in [0.15, 0.2) is 0 Å². The van der Waals surface area contributed by atoms with E-state index in [-0.39, 0.29) is 11.8 Å². The second-order valence-corrected chi connectivity index (χ2v) is 9.04. The Morgan fingerprint density at radius 3 is 1.68 bits per heavy atom. The van der Waals surface area contributed by atoms with Crippen molar-refractivity contribution in [1.29, 1.82) is 0 Å². The van der Waals surface area contributed by atoms with Crippen molar-refractivity contribution in [2.24, 2.45) is 23.7 Å². The van der Waals surface area contributed by atoms with E-state index in [1.165, 1.54) is 51.7 Å². The van der Waals surface area contributed by atoms with Crippen molar-refractivity contribution < 1.29 is 9.59 Å². The molecule has 1 saturated carbocycles. The number of carbonyl (C=O) groups excluding carboxylic acids is 2. The lowest BCUT2D eigenvalue weighted by molar-refractivity contribution is -0.139. The lowest BCUT2D eigenvalue weighted by atomic mass is 9.79. The van der Waals surface area contributed by atoms with Crippen molar-refractivity contribution in [2.75, 3.05) is 32.7 Å². The molecule has 0 radical (unpaired) electrons. The fourth-order valence-corrected chi connectivity index (χ4v) is 5.40. The van der Waals surface area contributed by atoms with E-state index in [1.54, 1.807) is 6.92 Å². The molecule has 3 aliphatic rings. The molecule has 28 heavy (non-hydrogen) atoms. The molecule has 3 fully saturated rings. The second kappa shape index (κ2) is 11.9. The Kier molecular flexibility index (Phi) is 9.98. The summed E-state index contributed by atoms with van der Waals surface area (Å²) in [5.74, 6) is 2.81. The Morgan fingerprint density at radius 2 is 1.21 bits per heavy atom. The fourth-order valence-electron chi connectivity index (χ4n) is 5.40. The Balaban J connectivity index is 0.00000136. The second-order valence-electron chi connectivity index (χ2n) is 9.04. The van der Waals surface area contributed by atoms with Crippen molar-refractivity contribution >= 4 is 11.7 Å². The van der Waals surface area contributed by atoms with E-state index in [0.717, 1.165) is 50.6 Å². The molecule has 0 bridgehead atoms. The molecule has 0 N–H and O–H groups in total. The molecular formula is C24H44N2O2. The standard InChI is InChI=1S/C22H38N2O2.C2H6/c1-3-23-12-8-18(9-13-23)16-19-10-14-24(15-11-19)22(26)21-6-4-20(5-7-21)17(2)25;1-2/h18-21H,3-16H2,1-2H3;1-2H3. The predicted octanol–water partition coefficient (Wildman–Crippen LogP) is 4.77. The third-order valence-electron chi connectivity index (χ3n) is 7.40. The van der Waals surface area contributed by atoms with Crippen LogP contribution in [0.5, 0.6) is 0 Å². The summed E-state index contributed by atoms with van der Waals surface area (Å²) in [4.78, 5) is 29.0. The first kappa shape index (κ1) is 23.4. The van der Waals surface area contributed by atoms with Gasteiger partial charge in [-0.3, -0.25) is 9.59 Å². The smallest absolute Gasteiger partial charge is 0.225 e. The molecule has 0 aromatic rings. The predicted molar refractivity (Wildman–Crippen MR) is 116 cm³/mol. The third-order valence-corrected chi connectivity index (χ3v) is 7.40. The number of Topliss-reactive ketones (excluding diaryl/α,β-unsaturated/α-hetero) is 1.